The summed E-state index contributed by atoms with van der Waals surface area (Å²) in [5.41, 5.74) is 1.50. The van der Waals surface area contributed by atoms with E-state index in [2.05, 4.69) is 33.9 Å². The van der Waals surface area contributed by atoms with Crippen LogP contribution in [0.5, 0.6) is 46.0 Å². The first-order valence-corrected chi connectivity index (χ1v) is 17.2. The molecule has 0 bridgehead atoms. The third-order valence-corrected chi connectivity index (χ3v) is 12.6. The molecule has 242 valence electrons. The van der Waals surface area contributed by atoms with Crippen molar-refractivity contribution in [2.75, 3.05) is 49.8 Å². The van der Waals surface area contributed by atoms with Crippen LogP contribution in [0.2, 0.25) is 18.1 Å². The molecule has 0 fully saturated rings. The lowest BCUT2D eigenvalue weighted by Crippen LogP contribution is -2.43. The number of methoxy groups -OCH3 is 7. The molecular formula is C34H42O10Si. The molecule has 0 aliphatic carbocycles. The lowest BCUT2D eigenvalue weighted by molar-refractivity contribution is 0.323. The van der Waals surface area contributed by atoms with Gasteiger partial charge in [-0.25, -0.2) is 4.79 Å². The minimum Gasteiger partial charge on any atom is -0.541 e. The van der Waals surface area contributed by atoms with Gasteiger partial charge in [0.25, 0.3) is 8.32 Å². The van der Waals surface area contributed by atoms with E-state index in [1.165, 1.54) is 42.7 Å². The van der Waals surface area contributed by atoms with E-state index in [1.54, 1.807) is 25.3 Å². The number of benzene rings is 3. The summed E-state index contributed by atoms with van der Waals surface area (Å²) in [5.74, 6) is 3.16. The summed E-state index contributed by atoms with van der Waals surface area (Å²) in [7, 11) is 8.34. The Morgan fingerprint density at radius 2 is 1.09 bits per heavy atom. The number of hydrogen-bond donors (Lipinski definition) is 0. The van der Waals surface area contributed by atoms with Gasteiger partial charge in [0.05, 0.1) is 55.3 Å². The van der Waals surface area contributed by atoms with E-state index >= 15 is 0 Å². The topological polar surface area (TPSA) is 104 Å². The normalized spacial score (nSPS) is 11.6. The molecule has 11 heteroatoms. The Bertz CT molecular complexity index is 1740. The first-order valence-electron chi connectivity index (χ1n) is 14.3. The number of ether oxygens (including phenoxy) is 7. The second-order valence-corrected chi connectivity index (χ2v) is 16.5. The standard InChI is InChI=1S/C34H42O10Si/c1-34(2,3)45(11,12)44-23-15-19(13-14-22(23)36-4)27-21-18-26(39-7)31(41-9)32(42-10)29(21)43-33(35)28(27)20-16-24(37-5)30(40-8)25(17-20)38-6/h13-18H,1-12H3. The van der Waals surface area contributed by atoms with Crippen LogP contribution in [-0.4, -0.2) is 58.1 Å². The van der Waals surface area contributed by atoms with Gasteiger partial charge in [-0.1, -0.05) is 26.8 Å². The van der Waals surface area contributed by atoms with Gasteiger partial charge in [0.1, 0.15) is 5.75 Å². The highest BCUT2D eigenvalue weighted by atomic mass is 28.4. The van der Waals surface area contributed by atoms with Crippen LogP contribution in [0.4, 0.5) is 0 Å². The first-order chi connectivity index (χ1) is 21.3. The molecule has 1 aromatic heterocycles. The van der Waals surface area contributed by atoms with Crippen LogP contribution in [0.25, 0.3) is 33.2 Å². The van der Waals surface area contributed by atoms with Crippen molar-refractivity contribution in [1.82, 2.24) is 0 Å². The van der Waals surface area contributed by atoms with Gasteiger partial charge in [-0.05, 0) is 59.6 Å². The second-order valence-electron chi connectivity index (χ2n) is 11.8. The van der Waals surface area contributed by atoms with Crippen LogP contribution in [0, 0.1) is 0 Å². The maximum absolute atomic E-state index is 14.1. The predicted octanol–water partition coefficient (Wildman–Crippen LogP) is 7.57. The second kappa shape index (κ2) is 12.8. The highest BCUT2D eigenvalue weighted by Crippen LogP contribution is 2.50. The molecule has 4 aromatic rings. The molecule has 0 atom stereocenters. The van der Waals surface area contributed by atoms with Gasteiger partial charge in [-0.15, -0.1) is 0 Å². The Morgan fingerprint density at radius 1 is 0.578 bits per heavy atom. The fourth-order valence-corrected chi connectivity index (χ4v) is 5.94. The molecule has 0 unspecified atom stereocenters. The van der Waals surface area contributed by atoms with Crippen molar-refractivity contribution in [2.24, 2.45) is 0 Å². The van der Waals surface area contributed by atoms with Crippen molar-refractivity contribution in [3.8, 4) is 68.2 Å². The van der Waals surface area contributed by atoms with E-state index in [4.69, 9.17) is 42.0 Å². The smallest absolute Gasteiger partial charge is 0.344 e. The molecule has 0 aliphatic rings. The SMILES string of the molecule is COc1ccc(-c2c(-c3cc(OC)c(OC)c(OC)c3)c(=O)oc3c(OC)c(OC)c(OC)cc23)cc1O[Si](C)(C)C(C)(C)C. The van der Waals surface area contributed by atoms with Gasteiger partial charge in [0, 0.05) is 10.9 Å². The van der Waals surface area contributed by atoms with Crippen molar-refractivity contribution in [3.05, 3.63) is 46.8 Å². The predicted molar refractivity (Wildman–Crippen MR) is 177 cm³/mol. The molecule has 1 heterocycles. The Balaban J connectivity index is 2.21. The zero-order valence-corrected chi connectivity index (χ0v) is 29.0. The molecule has 0 N–H and O–H groups in total. The molecule has 0 amide bonds. The molecule has 0 aliphatic heterocycles. The molecule has 45 heavy (non-hydrogen) atoms. The van der Waals surface area contributed by atoms with Gasteiger partial charge in [-0.2, -0.15) is 0 Å². The van der Waals surface area contributed by atoms with Gasteiger partial charge in [0.2, 0.25) is 17.2 Å². The average molecular weight is 639 g/mol. The fourth-order valence-electron chi connectivity index (χ4n) is 4.92. The maximum Gasteiger partial charge on any atom is 0.344 e. The Morgan fingerprint density at radius 3 is 1.58 bits per heavy atom. The van der Waals surface area contributed by atoms with Crippen LogP contribution in [0.1, 0.15) is 20.8 Å². The largest absolute Gasteiger partial charge is 0.541 e. The van der Waals surface area contributed by atoms with E-state index < -0.39 is 13.9 Å². The van der Waals surface area contributed by atoms with E-state index in [0.29, 0.717) is 62.3 Å². The van der Waals surface area contributed by atoms with Gasteiger partial charge in [0.15, 0.2) is 28.6 Å². The van der Waals surface area contributed by atoms with Crippen molar-refractivity contribution < 1.29 is 42.0 Å². The number of rotatable bonds is 11. The Hall–Kier alpha value is -4.51. The van der Waals surface area contributed by atoms with E-state index in [-0.39, 0.29) is 21.9 Å². The fraction of sp³-hybridized carbons (Fsp3) is 0.382. The summed E-state index contributed by atoms with van der Waals surface area (Å²) in [5, 5.41) is 0.462. The van der Waals surface area contributed by atoms with Gasteiger partial charge >= 0.3 is 5.63 Å². The van der Waals surface area contributed by atoms with Crippen LogP contribution in [-0.2, 0) is 0 Å². The molecule has 0 saturated carbocycles. The van der Waals surface area contributed by atoms with Crippen molar-refractivity contribution in [2.45, 2.75) is 38.9 Å². The quantitative estimate of drug-likeness (QED) is 0.121. The zero-order valence-electron chi connectivity index (χ0n) is 28.0. The first kappa shape index (κ1) is 33.4. The van der Waals surface area contributed by atoms with Crippen molar-refractivity contribution in [1.29, 1.82) is 0 Å². The van der Waals surface area contributed by atoms with E-state index in [9.17, 15) is 4.79 Å². The molecule has 0 saturated heterocycles. The van der Waals surface area contributed by atoms with Gasteiger partial charge < -0.3 is 42.0 Å². The summed E-state index contributed by atoms with van der Waals surface area (Å²) < 4.78 is 52.3. The van der Waals surface area contributed by atoms with E-state index in [0.717, 1.165) is 0 Å². The lowest BCUT2D eigenvalue weighted by Gasteiger charge is -2.37. The molecule has 0 spiro atoms. The summed E-state index contributed by atoms with van der Waals surface area (Å²) in [6.45, 7) is 10.8. The summed E-state index contributed by atoms with van der Waals surface area (Å²) in [6.07, 6.45) is 0. The number of hydrogen-bond acceptors (Lipinski definition) is 10. The van der Waals surface area contributed by atoms with Crippen LogP contribution >= 0.6 is 0 Å². The molecular weight excluding hydrogens is 596 g/mol. The summed E-state index contributed by atoms with van der Waals surface area (Å²) in [4.78, 5) is 14.1. The monoisotopic (exact) mass is 638 g/mol. The molecule has 0 radical (unpaired) electrons. The summed E-state index contributed by atoms with van der Waals surface area (Å²) in [6, 6.07) is 10.8. The highest BCUT2D eigenvalue weighted by molar-refractivity contribution is 6.74. The minimum atomic E-state index is -2.30. The third-order valence-electron chi connectivity index (χ3n) is 8.28. The Kier molecular flexibility index (Phi) is 9.53. The average Bonchev–Trinajstić information content (AvgIpc) is 3.01. The van der Waals surface area contributed by atoms with Gasteiger partial charge in [-0.3, -0.25) is 0 Å². The van der Waals surface area contributed by atoms with E-state index in [1.807, 2.05) is 18.2 Å². The van der Waals surface area contributed by atoms with Crippen molar-refractivity contribution in [3.63, 3.8) is 0 Å². The van der Waals surface area contributed by atoms with Crippen molar-refractivity contribution >= 4 is 19.3 Å². The minimum absolute atomic E-state index is 0.0762. The number of fused-ring (bicyclic) bond motifs is 1. The third kappa shape index (κ3) is 5.96. The zero-order chi connectivity index (χ0) is 33.3. The molecule has 4 rings (SSSR count). The maximum atomic E-state index is 14.1. The van der Waals surface area contributed by atoms with Crippen LogP contribution < -0.4 is 43.2 Å². The van der Waals surface area contributed by atoms with Crippen LogP contribution in [0.3, 0.4) is 0 Å². The lowest BCUT2D eigenvalue weighted by atomic mass is 9.92. The highest BCUT2D eigenvalue weighted by Gasteiger charge is 2.40. The Labute approximate surface area is 264 Å². The summed E-state index contributed by atoms with van der Waals surface area (Å²) >= 11 is 0. The van der Waals surface area contributed by atoms with Crippen LogP contribution in [0.15, 0.2) is 45.6 Å². The molecule has 10 nitrogen and oxygen atoms in total. The molecule has 3 aromatic carbocycles.